The van der Waals surface area contributed by atoms with Crippen molar-refractivity contribution in [1.82, 2.24) is 10.2 Å². The molecule has 1 heterocycles. The van der Waals surface area contributed by atoms with Gasteiger partial charge in [-0.05, 0) is 26.2 Å². The van der Waals surface area contributed by atoms with Crippen molar-refractivity contribution in [2.24, 2.45) is 0 Å². The molecule has 0 spiro atoms. The second-order valence-corrected chi connectivity index (χ2v) is 6.18. The third-order valence-electron chi connectivity index (χ3n) is 4.70. The highest BCUT2D eigenvalue weighted by atomic mass is 16.5. The van der Waals surface area contributed by atoms with Crippen LogP contribution in [0.25, 0.3) is 0 Å². The summed E-state index contributed by atoms with van der Waals surface area (Å²) in [6.45, 7) is 5.42. The third kappa shape index (κ3) is 4.17. The number of carbonyl (C=O) groups excluding carboxylic acids is 1. The summed E-state index contributed by atoms with van der Waals surface area (Å²) in [7, 11) is 0. The van der Waals surface area contributed by atoms with Crippen LogP contribution in [0.3, 0.4) is 0 Å². The predicted molar refractivity (Wildman–Crippen MR) is 78.1 cm³/mol. The minimum Gasteiger partial charge on any atom is -0.480 e. The fourth-order valence-corrected chi connectivity index (χ4v) is 3.24. The Morgan fingerprint density at radius 3 is 2.48 bits per heavy atom. The van der Waals surface area contributed by atoms with E-state index in [-0.39, 0.29) is 5.91 Å². The zero-order chi connectivity index (χ0) is 15.3. The van der Waals surface area contributed by atoms with Gasteiger partial charge in [0.15, 0.2) is 0 Å². The van der Waals surface area contributed by atoms with Crippen LogP contribution in [0.4, 0.5) is 0 Å². The molecule has 1 atom stereocenters. The lowest BCUT2D eigenvalue weighted by Crippen LogP contribution is -2.52. The summed E-state index contributed by atoms with van der Waals surface area (Å²) in [5.41, 5.74) is -1.01. The monoisotopic (exact) mass is 298 g/mol. The van der Waals surface area contributed by atoms with Crippen LogP contribution in [0.1, 0.15) is 45.4 Å². The second-order valence-electron chi connectivity index (χ2n) is 6.18. The molecule has 2 fully saturated rings. The van der Waals surface area contributed by atoms with Crippen LogP contribution in [0.15, 0.2) is 0 Å². The molecule has 0 aromatic rings. The van der Waals surface area contributed by atoms with Crippen LogP contribution in [0, 0.1) is 0 Å². The highest BCUT2D eigenvalue weighted by molar-refractivity contribution is 5.87. The van der Waals surface area contributed by atoms with E-state index in [4.69, 9.17) is 4.74 Å². The maximum atomic E-state index is 12.1. The first-order valence-corrected chi connectivity index (χ1v) is 7.90. The molecule has 0 aromatic heterocycles. The maximum Gasteiger partial charge on any atom is 0.329 e. The Kier molecular flexibility index (Phi) is 5.58. The van der Waals surface area contributed by atoms with Crippen LogP contribution in [0.2, 0.25) is 0 Å². The minimum absolute atomic E-state index is 0.139. The number of amides is 1. The highest BCUT2D eigenvalue weighted by Gasteiger charge is 2.42. The number of hydrogen-bond donors (Lipinski definition) is 2. The Labute approximate surface area is 125 Å². The quantitative estimate of drug-likeness (QED) is 0.765. The van der Waals surface area contributed by atoms with Crippen molar-refractivity contribution in [3.63, 3.8) is 0 Å². The number of carboxylic acids is 1. The van der Waals surface area contributed by atoms with Crippen molar-refractivity contribution < 1.29 is 19.4 Å². The standard InChI is InChI=1S/C15H26N2O4/c1-12(17-8-10-21-11-9-17)4-5-13(18)16-15(14(19)20)6-2-3-7-15/h12H,2-11H2,1H3,(H,16,18)(H,19,20)/t12-/m1/s1. The zero-order valence-electron chi connectivity index (χ0n) is 12.8. The molecular formula is C15H26N2O4. The number of rotatable bonds is 6. The fraction of sp³-hybridized carbons (Fsp3) is 0.867. The van der Waals surface area contributed by atoms with Gasteiger partial charge in [0, 0.05) is 25.6 Å². The van der Waals surface area contributed by atoms with Crippen LogP contribution in [-0.2, 0) is 14.3 Å². The van der Waals surface area contributed by atoms with Crippen molar-refractivity contribution in [1.29, 1.82) is 0 Å². The van der Waals surface area contributed by atoms with E-state index < -0.39 is 11.5 Å². The molecule has 2 rings (SSSR count). The molecule has 2 aliphatic rings. The van der Waals surface area contributed by atoms with Crippen molar-refractivity contribution in [2.45, 2.75) is 57.0 Å². The fourth-order valence-electron chi connectivity index (χ4n) is 3.24. The third-order valence-corrected chi connectivity index (χ3v) is 4.70. The molecular weight excluding hydrogens is 272 g/mol. The smallest absolute Gasteiger partial charge is 0.329 e. The summed E-state index contributed by atoms with van der Waals surface area (Å²) < 4.78 is 5.32. The summed E-state index contributed by atoms with van der Waals surface area (Å²) in [5.74, 6) is -1.03. The van der Waals surface area contributed by atoms with E-state index >= 15 is 0 Å². The number of morpholine rings is 1. The van der Waals surface area contributed by atoms with Gasteiger partial charge in [0.05, 0.1) is 13.2 Å². The number of nitrogens with zero attached hydrogens (tertiary/aromatic N) is 1. The lowest BCUT2D eigenvalue weighted by Gasteiger charge is -2.32. The Hall–Kier alpha value is -1.14. The van der Waals surface area contributed by atoms with Gasteiger partial charge in [-0.15, -0.1) is 0 Å². The van der Waals surface area contributed by atoms with E-state index in [1.807, 2.05) is 0 Å². The molecule has 21 heavy (non-hydrogen) atoms. The Bertz CT molecular complexity index is 374. The number of aliphatic carboxylic acids is 1. The van der Waals surface area contributed by atoms with Gasteiger partial charge >= 0.3 is 5.97 Å². The van der Waals surface area contributed by atoms with Crippen LogP contribution in [-0.4, -0.2) is 59.8 Å². The van der Waals surface area contributed by atoms with E-state index in [0.29, 0.717) is 25.3 Å². The van der Waals surface area contributed by atoms with E-state index in [1.165, 1.54) is 0 Å². The molecule has 2 N–H and O–H groups in total. The van der Waals surface area contributed by atoms with Gasteiger partial charge in [0.1, 0.15) is 5.54 Å². The molecule has 0 radical (unpaired) electrons. The van der Waals surface area contributed by atoms with Crippen molar-refractivity contribution in [2.75, 3.05) is 26.3 Å². The number of ether oxygens (including phenoxy) is 1. The number of hydrogen-bond acceptors (Lipinski definition) is 4. The summed E-state index contributed by atoms with van der Waals surface area (Å²) in [5, 5.41) is 12.1. The summed E-state index contributed by atoms with van der Waals surface area (Å²) in [4.78, 5) is 25.8. The van der Waals surface area contributed by atoms with Gasteiger partial charge in [-0.3, -0.25) is 9.69 Å². The molecule has 1 aliphatic heterocycles. The Morgan fingerprint density at radius 2 is 1.90 bits per heavy atom. The minimum atomic E-state index is -1.01. The Morgan fingerprint density at radius 1 is 1.29 bits per heavy atom. The predicted octanol–water partition coefficient (Wildman–Crippen LogP) is 1.00. The summed E-state index contributed by atoms with van der Waals surface area (Å²) in [6.07, 6.45) is 3.97. The molecule has 0 bridgehead atoms. The topological polar surface area (TPSA) is 78.9 Å². The molecule has 1 aliphatic carbocycles. The van der Waals surface area contributed by atoms with E-state index in [9.17, 15) is 14.7 Å². The van der Waals surface area contributed by atoms with Gasteiger partial charge < -0.3 is 15.2 Å². The first-order chi connectivity index (χ1) is 10.0. The molecule has 0 aromatic carbocycles. The lowest BCUT2D eigenvalue weighted by atomic mass is 9.97. The molecule has 0 unspecified atom stereocenters. The number of carbonyl (C=O) groups is 2. The van der Waals surface area contributed by atoms with Gasteiger partial charge in [-0.25, -0.2) is 4.79 Å². The number of nitrogens with one attached hydrogen (secondary N) is 1. The first-order valence-electron chi connectivity index (χ1n) is 7.90. The molecule has 6 nitrogen and oxygen atoms in total. The SMILES string of the molecule is C[C@H](CCC(=O)NC1(C(=O)O)CCCC1)N1CCOCC1. The number of carboxylic acid groups (broad SMARTS) is 1. The Balaban J connectivity index is 1.77. The van der Waals surface area contributed by atoms with Crippen molar-refractivity contribution in [3.05, 3.63) is 0 Å². The van der Waals surface area contributed by atoms with Crippen molar-refractivity contribution in [3.8, 4) is 0 Å². The zero-order valence-corrected chi connectivity index (χ0v) is 12.8. The normalized spacial score (nSPS) is 23.7. The molecule has 1 saturated carbocycles. The van der Waals surface area contributed by atoms with Crippen LogP contribution < -0.4 is 5.32 Å². The van der Waals surface area contributed by atoms with Crippen LogP contribution >= 0.6 is 0 Å². The lowest BCUT2D eigenvalue weighted by molar-refractivity contribution is -0.147. The van der Waals surface area contributed by atoms with Crippen molar-refractivity contribution >= 4 is 11.9 Å². The van der Waals surface area contributed by atoms with Gasteiger partial charge in [0.25, 0.3) is 0 Å². The summed E-state index contributed by atoms with van der Waals surface area (Å²) in [6, 6.07) is 0.323. The maximum absolute atomic E-state index is 12.1. The van der Waals surface area contributed by atoms with E-state index in [2.05, 4.69) is 17.1 Å². The largest absolute Gasteiger partial charge is 0.480 e. The second kappa shape index (κ2) is 7.22. The van der Waals surface area contributed by atoms with E-state index in [1.54, 1.807) is 0 Å². The van der Waals surface area contributed by atoms with Gasteiger partial charge in [0.2, 0.25) is 5.91 Å². The van der Waals surface area contributed by atoms with Gasteiger partial charge in [-0.2, -0.15) is 0 Å². The average molecular weight is 298 g/mol. The molecule has 6 heteroatoms. The average Bonchev–Trinajstić information content (AvgIpc) is 2.95. The van der Waals surface area contributed by atoms with Gasteiger partial charge in [-0.1, -0.05) is 12.8 Å². The molecule has 120 valence electrons. The van der Waals surface area contributed by atoms with Crippen LogP contribution in [0.5, 0.6) is 0 Å². The first kappa shape index (κ1) is 16.2. The highest BCUT2D eigenvalue weighted by Crippen LogP contribution is 2.30. The molecule has 1 saturated heterocycles. The molecule has 1 amide bonds. The summed E-state index contributed by atoms with van der Waals surface area (Å²) >= 11 is 0. The van der Waals surface area contributed by atoms with E-state index in [0.717, 1.165) is 45.6 Å².